The Morgan fingerprint density at radius 1 is 1.33 bits per heavy atom. The second-order valence-electron chi connectivity index (χ2n) is 5.70. The van der Waals surface area contributed by atoms with Crippen molar-refractivity contribution in [1.82, 2.24) is 15.3 Å². The van der Waals surface area contributed by atoms with Crippen LogP contribution in [0.25, 0.3) is 0 Å². The zero-order chi connectivity index (χ0) is 12.4. The van der Waals surface area contributed by atoms with E-state index < -0.39 is 0 Å². The van der Waals surface area contributed by atoms with Gasteiger partial charge in [0.2, 0.25) is 0 Å². The summed E-state index contributed by atoms with van der Waals surface area (Å²) in [5.74, 6) is 0.892. The van der Waals surface area contributed by atoms with E-state index in [1.807, 2.05) is 0 Å². The van der Waals surface area contributed by atoms with Gasteiger partial charge in [-0.2, -0.15) is 0 Å². The van der Waals surface area contributed by atoms with Crippen LogP contribution < -0.4 is 5.32 Å². The van der Waals surface area contributed by atoms with Gasteiger partial charge in [-0.25, -0.2) is 9.97 Å². The molecule has 2 aliphatic carbocycles. The number of nitrogens with one attached hydrogen (secondary N) is 1. The van der Waals surface area contributed by atoms with Crippen LogP contribution >= 0.6 is 0 Å². The monoisotopic (exact) mass is 245 g/mol. The molecule has 0 bridgehead atoms. The van der Waals surface area contributed by atoms with E-state index in [2.05, 4.69) is 22.2 Å². The largest absolute Gasteiger partial charge is 0.313 e. The molecule has 0 aromatic carbocycles. The number of hydrogen-bond acceptors (Lipinski definition) is 3. The Bertz CT molecular complexity index is 412. The molecule has 0 saturated heterocycles. The molecule has 2 aliphatic rings. The number of fused-ring (bicyclic) bond motifs is 1. The molecule has 0 spiro atoms. The third-order valence-electron chi connectivity index (χ3n) is 4.23. The Morgan fingerprint density at radius 2 is 2.22 bits per heavy atom. The van der Waals surface area contributed by atoms with E-state index in [4.69, 9.17) is 0 Å². The first-order valence-electron chi connectivity index (χ1n) is 7.43. The summed E-state index contributed by atoms with van der Waals surface area (Å²) in [5.41, 5.74) is 4.09. The number of aryl methyl sites for hydroxylation is 1. The molecule has 1 saturated carbocycles. The fourth-order valence-electron chi connectivity index (χ4n) is 3.05. The molecule has 0 aliphatic heterocycles. The molecule has 1 unspecified atom stereocenters. The molecule has 3 heteroatoms. The summed E-state index contributed by atoms with van der Waals surface area (Å²) in [7, 11) is 0. The minimum atomic E-state index is 0.643. The first kappa shape index (κ1) is 12.1. The lowest BCUT2D eigenvalue weighted by atomic mass is 10.0. The third-order valence-corrected chi connectivity index (χ3v) is 4.23. The normalized spacial score (nSPS) is 19.8. The Balaban J connectivity index is 1.72. The fourth-order valence-corrected chi connectivity index (χ4v) is 3.05. The van der Waals surface area contributed by atoms with Crippen molar-refractivity contribution in [2.45, 2.75) is 57.9 Å². The fraction of sp³-hybridized carbons (Fsp3) is 0.733. The highest BCUT2D eigenvalue weighted by molar-refractivity contribution is 5.29. The van der Waals surface area contributed by atoms with Crippen LogP contribution in [0.2, 0.25) is 0 Å². The van der Waals surface area contributed by atoms with Crippen LogP contribution in [0.3, 0.4) is 0 Å². The predicted octanol–water partition coefficient (Wildman–Crippen LogP) is 2.29. The number of hydrogen-bond donors (Lipinski definition) is 1. The second-order valence-corrected chi connectivity index (χ2v) is 5.70. The van der Waals surface area contributed by atoms with Crippen LogP contribution in [0, 0.1) is 5.92 Å². The standard InChI is InChI=1S/C15H23N3/c1-2-8-16-14(11-6-7-11)9-15-12-4-3-5-13(12)17-10-18-15/h10-11,14,16H,2-9H2,1H3. The first-order valence-corrected chi connectivity index (χ1v) is 7.43. The summed E-state index contributed by atoms with van der Waals surface area (Å²) in [4.78, 5) is 8.98. The van der Waals surface area contributed by atoms with Crippen molar-refractivity contribution in [2.75, 3.05) is 6.54 Å². The van der Waals surface area contributed by atoms with Crippen LogP contribution in [-0.4, -0.2) is 22.6 Å². The van der Waals surface area contributed by atoms with Crippen molar-refractivity contribution in [3.05, 3.63) is 23.3 Å². The number of rotatable bonds is 6. The minimum absolute atomic E-state index is 0.643. The summed E-state index contributed by atoms with van der Waals surface area (Å²) in [6.07, 6.45) is 10.5. The van der Waals surface area contributed by atoms with E-state index in [9.17, 15) is 0 Å². The topological polar surface area (TPSA) is 37.8 Å². The van der Waals surface area contributed by atoms with Gasteiger partial charge in [-0.1, -0.05) is 6.92 Å². The lowest BCUT2D eigenvalue weighted by Gasteiger charge is -2.18. The quantitative estimate of drug-likeness (QED) is 0.835. The van der Waals surface area contributed by atoms with E-state index in [0.717, 1.165) is 25.3 Å². The Hall–Kier alpha value is -0.960. The van der Waals surface area contributed by atoms with Gasteiger partial charge in [-0.15, -0.1) is 0 Å². The van der Waals surface area contributed by atoms with Crippen LogP contribution in [0.5, 0.6) is 0 Å². The van der Waals surface area contributed by atoms with Crippen molar-refractivity contribution in [3.63, 3.8) is 0 Å². The maximum atomic E-state index is 4.56. The van der Waals surface area contributed by atoms with Crippen LogP contribution in [0.4, 0.5) is 0 Å². The summed E-state index contributed by atoms with van der Waals surface area (Å²) in [6, 6.07) is 0.643. The molecule has 0 radical (unpaired) electrons. The highest BCUT2D eigenvalue weighted by Gasteiger charge is 2.32. The zero-order valence-corrected chi connectivity index (χ0v) is 11.3. The van der Waals surface area contributed by atoms with E-state index in [1.54, 1.807) is 6.33 Å². The molecule has 3 rings (SSSR count). The summed E-state index contributed by atoms with van der Waals surface area (Å²) < 4.78 is 0. The van der Waals surface area contributed by atoms with Crippen molar-refractivity contribution in [3.8, 4) is 0 Å². The van der Waals surface area contributed by atoms with Crippen molar-refractivity contribution in [2.24, 2.45) is 5.92 Å². The predicted molar refractivity (Wildman–Crippen MR) is 72.6 cm³/mol. The molecular formula is C15H23N3. The SMILES string of the molecule is CCCNC(Cc1ncnc2c1CCC2)C1CC1. The molecule has 18 heavy (non-hydrogen) atoms. The molecule has 1 aromatic rings. The summed E-state index contributed by atoms with van der Waals surface area (Å²) >= 11 is 0. The van der Waals surface area contributed by atoms with Gasteiger partial charge in [0.25, 0.3) is 0 Å². The van der Waals surface area contributed by atoms with Crippen LogP contribution in [0.15, 0.2) is 6.33 Å². The summed E-state index contributed by atoms with van der Waals surface area (Å²) in [6.45, 7) is 3.37. The maximum Gasteiger partial charge on any atom is 0.115 e. The Labute approximate surface area is 109 Å². The van der Waals surface area contributed by atoms with E-state index in [-0.39, 0.29) is 0 Å². The average molecular weight is 245 g/mol. The molecular weight excluding hydrogens is 222 g/mol. The molecule has 3 nitrogen and oxygen atoms in total. The van der Waals surface area contributed by atoms with Gasteiger partial charge in [-0.05, 0) is 56.6 Å². The second kappa shape index (κ2) is 5.35. The van der Waals surface area contributed by atoms with Crippen molar-refractivity contribution >= 4 is 0 Å². The van der Waals surface area contributed by atoms with E-state index in [1.165, 1.54) is 49.1 Å². The van der Waals surface area contributed by atoms with Gasteiger partial charge < -0.3 is 5.32 Å². The molecule has 0 amide bonds. The summed E-state index contributed by atoms with van der Waals surface area (Å²) in [5, 5.41) is 3.71. The van der Waals surface area contributed by atoms with E-state index >= 15 is 0 Å². The molecule has 1 heterocycles. The van der Waals surface area contributed by atoms with Crippen LogP contribution in [-0.2, 0) is 19.3 Å². The lowest BCUT2D eigenvalue weighted by Crippen LogP contribution is -2.34. The van der Waals surface area contributed by atoms with Gasteiger partial charge >= 0.3 is 0 Å². The smallest absolute Gasteiger partial charge is 0.115 e. The molecule has 1 aromatic heterocycles. The van der Waals surface area contributed by atoms with Crippen LogP contribution in [0.1, 0.15) is 49.6 Å². The highest BCUT2D eigenvalue weighted by Crippen LogP contribution is 2.35. The molecule has 1 fully saturated rings. The Kier molecular flexibility index (Phi) is 3.59. The Morgan fingerprint density at radius 3 is 3.00 bits per heavy atom. The highest BCUT2D eigenvalue weighted by atomic mass is 14.9. The molecule has 98 valence electrons. The van der Waals surface area contributed by atoms with Crippen molar-refractivity contribution < 1.29 is 0 Å². The van der Waals surface area contributed by atoms with Gasteiger partial charge in [0.1, 0.15) is 6.33 Å². The number of nitrogens with zero attached hydrogens (tertiary/aromatic N) is 2. The lowest BCUT2D eigenvalue weighted by molar-refractivity contribution is 0.455. The zero-order valence-electron chi connectivity index (χ0n) is 11.3. The van der Waals surface area contributed by atoms with Gasteiger partial charge in [0.15, 0.2) is 0 Å². The van der Waals surface area contributed by atoms with Crippen molar-refractivity contribution in [1.29, 1.82) is 0 Å². The number of aromatic nitrogens is 2. The first-order chi connectivity index (χ1) is 8.88. The maximum absolute atomic E-state index is 4.56. The van der Waals surface area contributed by atoms with Gasteiger partial charge in [-0.3, -0.25) is 0 Å². The van der Waals surface area contributed by atoms with Gasteiger partial charge in [0.05, 0.1) is 0 Å². The van der Waals surface area contributed by atoms with E-state index in [0.29, 0.717) is 6.04 Å². The minimum Gasteiger partial charge on any atom is -0.313 e. The van der Waals surface area contributed by atoms with Gasteiger partial charge in [0, 0.05) is 23.9 Å². The molecule has 1 N–H and O–H groups in total. The molecule has 1 atom stereocenters. The average Bonchev–Trinajstić information content (AvgIpc) is 3.12. The third kappa shape index (κ3) is 2.56.